The van der Waals surface area contributed by atoms with E-state index in [-0.39, 0.29) is 23.8 Å². The summed E-state index contributed by atoms with van der Waals surface area (Å²) in [5, 5.41) is 11.7. The molecule has 0 radical (unpaired) electrons. The van der Waals surface area contributed by atoms with Crippen molar-refractivity contribution in [3.05, 3.63) is 59.2 Å². The Bertz CT molecular complexity index is 874. The minimum atomic E-state index is -1.02. The number of anilines is 2. The number of carbonyl (C=O) groups excluding carboxylic acids is 2. The molecule has 2 aromatic carbocycles. The lowest BCUT2D eigenvalue weighted by Crippen LogP contribution is -2.28. The van der Waals surface area contributed by atoms with Gasteiger partial charge in [0.25, 0.3) is 0 Å². The first-order valence-corrected chi connectivity index (χ1v) is 8.37. The summed E-state index contributed by atoms with van der Waals surface area (Å²) in [4.78, 5) is 37.4. The number of carboxylic acids is 1. The van der Waals surface area contributed by atoms with E-state index in [0.717, 1.165) is 16.8 Å². The summed E-state index contributed by atoms with van der Waals surface area (Å²) < 4.78 is 0. The Labute approximate surface area is 151 Å². The van der Waals surface area contributed by atoms with Crippen molar-refractivity contribution in [3.8, 4) is 0 Å². The number of carbonyl (C=O) groups is 3. The first-order chi connectivity index (χ1) is 12.4. The van der Waals surface area contributed by atoms with Crippen LogP contribution in [0.1, 0.15) is 27.9 Å². The van der Waals surface area contributed by atoms with Gasteiger partial charge in [-0.15, -0.1) is 0 Å². The van der Waals surface area contributed by atoms with Gasteiger partial charge in [0.05, 0.1) is 11.5 Å². The molecule has 6 nitrogen and oxygen atoms in total. The number of nitrogens with one attached hydrogen (secondary N) is 1. The van der Waals surface area contributed by atoms with Crippen LogP contribution in [-0.2, 0) is 9.59 Å². The molecule has 26 heavy (non-hydrogen) atoms. The Kier molecular flexibility index (Phi) is 4.75. The average molecular weight is 352 g/mol. The number of carboxylic acid groups (broad SMARTS) is 1. The molecule has 1 heterocycles. The van der Waals surface area contributed by atoms with Gasteiger partial charge in [-0.2, -0.15) is 0 Å². The molecule has 134 valence electrons. The van der Waals surface area contributed by atoms with E-state index < -0.39 is 11.9 Å². The molecule has 1 atom stereocenters. The second-order valence-electron chi connectivity index (χ2n) is 6.50. The van der Waals surface area contributed by atoms with E-state index in [0.29, 0.717) is 12.2 Å². The molecular formula is C20H20N2O4. The van der Waals surface area contributed by atoms with Crippen LogP contribution in [0.25, 0.3) is 0 Å². The Morgan fingerprint density at radius 2 is 1.81 bits per heavy atom. The van der Waals surface area contributed by atoms with Crippen LogP contribution in [0.4, 0.5) is 11.4 Å². The van der Waals surface area contributed by atoms with Crippen LogP contribution in [0.3, 0.4) is 0 Å². The number of amides is 2. The highest BCUT2D eigenvalue weighted by Gasteiger charge is 2.35. The lowest BCUT2D eigenvalue weighted by atomic mass is 10.1. The van der Waals surface area contributed by atoms with Gasteiger partial charge in [-0.3, -0.25) is 9.59 Å². The van der Waals surface area contributed by atoms with Crippen molar-refractivity contribution < 1.29 is 19.5 Å². The van der Waals surface area contributed by atoms with Gasteiger partial charge in [-0.25, -0.2) is 4.79 Å². The lowest BCUT2D eigenvalue weighted by Gasteiger charge is -2.20. The smallest absolute Gasteiger partial charge is 0.335 e. The van der Waals surface area contributed by atoms with Crippen LogP contribution in [0, 0.1) is 19.8 Å². The van der Waals surface area contributed by atoms with Crippen LogP contribution >= 0.6 is 0 Å². The molecule has 3 rings (SSSR count). The number of aromatic carboxylic acids is 1. The van der Waals surface area contributed by atoms with Gasteiger partial charge in [0.1, 0.15) is 0 Å². The third-order valence-electron chi connectivity index (χ3n) is 4.76. The highest BCUT2D eigenvalue weighted by molar-refractivity contribution is 6.04. The minimum absolute atomic E-state index is 0.0694. The first kappa shape index (κ1) is 17.7. The monoisotopic (exact) mass is 352 g/mol. The summed E-state index contributed by atoms with van der Waals surface area (Å²) in [5.74, 6) is -1.77. The molecule has 2 N–H and O–H groups in total. The maximum atomic E-state index is 12.5. The number of hydrogen-bond acceptors (Lipinski definition) is 3. The molecule has 0 unspecified atom stereocenters. The summed E-state index contributed by atoms with van der Waals surface area (Å²) in [6, 6.07) is 11.7. The summed E-state index contributed by atoms with van der Waals surface area (Å²) in [7, 11) is 0. The van der Waals surface area contributed by atoms with Crippen molar-refractivity contribution in [2.24, 2.45) is 5.92 Å². The fraction of sp³-hybridized carbons (Fsp3) is 0.250. The van der Waals surface area contributed by atoms with E-state index in [4.69, 9.17) is 5.11 Å². The Balaban J connectivity index is 1.71. The highest BCUT2D eigenvalue weighted by Crippen LogP contribution is 2.30. The van der Waals surface area contributed by atoms with Crippen molar-refractivity contribution in [3.63, 3.8) is 0 Å². The summed E-state index contributed by atoms with van der Waals surface area (Å²) in [6.45, 7) is 4.29. The molecular weight excluding hydrogens is 332 g/mol. The molecule has 2 amide bonds. The molecule has 1 aliphatic heterocycles. The second kappa shape index (κ2) is 7.00. The Hall–Kier alpha value is -3.15. The molecule has 0 aliphatic carbocycles. The van der Waals surface area contributed by atoms with E-state index in [1.165, 1.54) is 12.1 Å². The van der Waals surface area contributed by atoms with E-state index in [1.54, 1.807) is 17.0 Å². The van der Waals surface area contributed by atoms with E-state index in [1.807, 2.05) is 32.0 Å². The molecule has 1 fully saturated rings. The van der Waals surface area contributed by atoms with Crippen molar-refractivity contribution >= 4 is 29.2 Å². The van der Waals surface area contributed by atoms with Crippen molar-refractivity contribution in [1.29, 1.82) is 0 Å². The summed E-state index contributed by atoms with van der Waals surface area (Å²) in [6.07, 6.45) is 0.159. The van der Waals surface area contributed by atoms with E-state index in [9.17, 15) is 14.4 Å². The number of benzene rings is 2. The van der Waals surface area contributed by atoms with Crippen molar-refractivity contribution in [1.82, 2.24) is 0 Å². The zero-order chi connectivity index (χ0) is 18.8. The number of hydrogen-bond donors (Lipinski definition) is 2. The maximum Gasteiger partial charge on any atom is 0.335 e. The van der Waals surface area contributed by atoms with Crippen LogP contribution in [0.5, 0.6) is 0 Å². The molecule has 0 bridgehead atoms. The zero-order valence-corrected chi connectivity index (χ0v) is 14.7. The zero-order valence-electron chi connectivity index (χ0n) is 14.7. The largest absolute Gasteiger partial charge is 0.478 e. The SMILES string of the molecule is Cc1cccc(N2C[C@H](C(=O)Nc3ccc(C(=O)O)cc3)CC2=O)c1C. The van der Waals surface area contributed by atoms with Gasteiger partial charge < -0.3 is 15.3 Å². The van der Waals surface area contributed by atoms with Gasteiger partial charge in [-0.05, 0) is 55.3 Å². The third kappa shape index (κ3) is 3.44. The number of nitrogens with zero attached hydrogens (tertiary/aromatic N) is 1. The quantitative estimate of drug-likeness (QED) is 0.886. The maximum absolute atomic E-state index is 12.5. The Morgan fingerprint density at radius 3 is 2.46 bits per heavy atom. The van der Waals surface area contributed by atoms with Gasteiger partial charge in [0, 0.05) is 24.3 Å². The minimum Gasteiger partial charge on any atom is -0.478 e. The molecule has 0 spiro atoms. The van der Waals surface area contributed by atoms with Gasteiger partial charge >= 0.3 is 5.97 Å². The molecule has 0 aromatic heterocycles. The predicted octanol–water partition coefficient (Wildman–Crippen LogP) is 2.99. The van der Waals surface area contributed by atoms with Crippen LogP contribution in [0.2, 0.25) is 0 Å². The van der Waals surface area contributed by atoms with Gasteiger partial charge in [0.2, 0.25) is 11.8 Å². The highest BCUT2D eigenvalue weighted by atomic mass is 16.4. The summed E-state index contributed by atoms with van der Waals surface area (Å²) >= 11 is 0. The van der Waals surface area contributed by atoms with Gasteiger partial charge in [0.15, 0.2) is 0 Å². The van der Waals surface area contributed by atoms with Crippen LogP contribution in [-0.4, -0.2) is 29.4 Å². The molecule has 1 saturated heterocycles. The van der Waals surface area contributed by atoms with E-state index >= 15 is 0 Å². The molecule has 0 saturated carbocycles. The molecule has 1 aliphatic rings. The fourth-order valence-electron chi connectivity index (χ4n) is 3.08. The predicted molar refractivity (Wildman–Crippen MR) is 98.4 cm³/mol. The van der Waals surface area contributed by atoms with Crippen molar-refractivity contribution in [2.45, 2.75) is 20.3 Å². The van der Waals surface area contributed by atoms with Crippen LogP contribution in [0.15, 0.2) is 42.5 Å². The van der Waals surface area contributed by atoms with Crippen molar-refractivity contribution in [2.75, 3.05) is 16.8 Å². The normalized spacial score (nSPS) is 16.6. The average Bonchev–Trinajstić information content (AvgIpc) is 2.99. The summed E-state index contributed by atoms with van der Waals surface area (Å²) in [5.41, 5.74) is 3.64. The number of rotatable bonds is 4. The topological polar surface area (TPSA) is 86.7 Å². The second-order valence-corrected chi connectivity index (χ2v) is 6.50. The van der Waals surface area contributed by atoms with Crippen LogP contribution < -0.4 is 10.2 Å². The fourth-order valence-corrected chi connectivity index (χ4v) is 3.08. The van der Waals surface area contributed by atoms with E-state index in [2.05, 4.69) is 5.32 Å². The van der Waals surface area contributed by atoms with Gasteiger partial charge in [-0.1, -0.05) is 12.1 Å². The molecule has 2 aromatic rings. The first-order valence-electron chi connectivity index (χ1n) is 8.37. The Morgan fingerprint density at radius 1 is 1.12 bits per heavy atom. The standard InChI is InChI=1S/C20H20N2O4/c1-12-4-3-5-17(13(12)2)22-11-15(10-18(22)23)19(24)21-16-8-6-14(7-9-16)20(25)26/h3-9,15H,10-11H2,1-2H3,(H,21,24)(H,25,26)/t15-/m1/s1. The lowest BCUT2D eigenvalue weighted by molar-refractivity contribution is -0.122. The molecule has 6 heteroatoms. The third-order valence-corrected chi connectivity index (χ3v) is 4.76. The number of aryl methyl sites for hydroxylation is 1.